The Morgan fingerprint density at radius 1 is 0.795 bits per heavy atom. The first-order chi connectivity index (χ1) is 18.2. The Labute approximate surface area is 217 Å². The molecule has 5 nitrogen and oxygen atoms in total. The molecule has 0 spiro atoms. The van der Waals surface area contributed by atoms with Crippen LogP contribution >= 0.6 is 0 Å². The zero-order chi connectivity index (χ0) is 28.2. The monoisotopic (exact) mass is 565 g/mol. The van der Waals surface area contributed by atoms with Crippen LogP contribution < -0.4 is 9.80 Å². The van der Waals surface area contributed by atoms with Gasteiger partial charge >= 0.3 is 18.5 Å². The fourth-order valence-corrected chi connectivity index (χ4v) is 5.49. The van der Waals surface area contributed by atoms with E-state index in [1.54, 1.807) is 4.90 Å². The molecule has 2 fully saturated rings. The Hall–Kier alpha value is -3.19. The first-order valence-electron chi connectivity index (χ1n) is 12.4. The summed E-state index contributed by atoms with van der Waals surface area (Å²) in [5.74, 6) is -1.91. The highest BCUT2D eigenvalue weighted by atomic mass is 19.4. The molecule has 1 aliphatic carbocycles. The maximum absolute atomic E-state index is 13.7. The number of hydrogen-bond acceptors (Lipinski definition) is 4. The van der Waals surface area contributed by atoms with Crippen LogP contribution in [0.4, 0.5) is 51.3 Å². The highest BCUT2D eigenvalue weighted by Gasteiger charge is 2.42. The van der Waals surface area contributed by atoms with Gasteiger partial charge in [-0.25, -0.2) is 9.97 Å². The molecule has 1 saturated heterocycles. The zero-order valence-corrected chi connectivity index (χ0v) is 20.4. The maximum Gasteiger partial charge on any atom is 0.419 e. The molecule has 1 aromatic carbocycles. The lowest BCUT2D eigenvalue weighted by molar-refractivity contribution is -0.182. The Morgan fingerprint density at radius 2 is 1.44 bits per heavy atom. The normalized spacial score (nSPS) is 21.6. The minimum atomic E-state index is -4.67. The Bertz CT molecular complexity index is 1310. The molecule has 14 heteroatoms. The SMILES string of the molecule is FC(F)(F)c1cc(C2CCC(C(F)(F)F)CC2)c2[nH]c(N3CCN(c4ncccc4C(F)(F)F)CC3)nc2c1. The summed E-state index contributed by atoms with van der Waals surface area (Å²) in [4.78, 5) is 14.5. The van der Waals surface area contributed by atoms with Crippen LogP contribution in [0.2, 0.25) is 0 Å². The lowest BCUT2D eigenvalue weighted by Crippen LogP contribution is -2.47. The van der Waals surface area contributed by atoms with E-state index < -0.39 is 41.5 Å². The smallest absolute Gasteiger partial charge is 0.353 e. The van der Waals surface area contributed by atoms with Gasteiger partial charge in [0.05, 0.1) is 28.1 Å². The van der Waals surface area contributed by atoms with Crippen LogP contribution in [0.3, 0.4) is 0 Å². The molecule has 0 bridgehead atoms. The molecule has 3 heterocycles. The molecule has 0 radical (unpaired) electrons. The number of fused-ring (bicyclic) bond motifs is 1. The van der Waals surface area contributed by atoms with Crippen LogP contribution in [0, 0.1) is 5.92 Å². The number of nitrogens with one attached hydrogen (secondary N) is 1. The number of piperazine rings is 1. The second-order valence-corrected chi connectivity index (χ2v) is 9.95. The first kappa shape index (κ1) is 27.4. The van der Waals surface area contributed by atoms with Crippen molar-refractivity contribution in [2.45, 2.75) is 50.1 Å². The summed E-state index contributed by atoms with van der Waals surface area (Å²) in [7, 11) is 0. The molecule has 1 aliphatic heterocycles. The molecule has 0 amide bonds. The van der Waals surface area contributed by atoms with E-state index >= 15 is 0 Å². The molecule has 3 aromatic rings. The summed E-state index contributed by atoms with van der Waals surface area (Å²) in [6, 6.07) is 4.05. The number of anilines is 2. The second kappa shape index (κ2) is 9.77. The van der Waals surface area contributed by atoms with Gasteiger partial charge in [-0.05, 0) is 61.4 Å². The predicted octanol–water partition coefficient (Wildman–Crippen LogP) is 7.16. The molecular weight excluding hydrogens is 541 g/mol. The topological polar surface area (TPSA) is 48.1 Å². The third-order valence-corrected chi connectivity index (χ3v) is 7.54. The summed E-state index contributed by atoms with van der Waals surface area (Å²) in [5, 5.41) is 0. The lowest BCUT2D eigenvalue weighted by atomic mass is 9.77. The molecule has 212 valence electrons. The Morgan fingerprint density at radius 3 is 2.03 bits per heavy atom. The van der Waals surface area contributed by atoms with Crippen molar-refractivity contribution in [2.75, 3.05) is 36.0 Å². The Kier molecular flexibility index (Phi) is 6.86. The van der Waals surface area contributed by atoms with Gasteiger partial charge in [0.1, 0.15) is 5.82 Å². The number of halogens is 9. The van der Waals surface area contributed by atoms with Crippen LogP contribution in [0.5, 0.6) is 0 Å². The van der Waals surface area contributed by atoms with E-state index in [9.17, 15) is 39.5 Å². The van der Waals surface area contributed by atoms with Crippen LogP contribution in [0.25, 0.3) is 11.0 Å². The van der Waals surface area contributed by atoms with Crippen molar-refractivity contribution in [2.24, 2.45) is 5.92 Å². The highest BCUT2D eigenvalue weighted by molar-refractivity contribution is 5.83. The van der Waals surface area contributed by atoms with Gasteiger partial charge < -0.3 is 14.8 Å². The second-order valence-electron chi connectivity index (χ2n) is 9.95. The van der Waals surface area contributed by atoms with E-state index in [-0.39, 0.29) is 74.7 Å². The van der Waals surface area contributed by atoms with E-state index in [1.807, 2.05) is 0 Å². The Balaban J connectivity index is 1.40. The summed E-state index contributed by atoms with van der Waals surface area (Å²) in [5.41, 5.74) is -1.13. The van der Waals surface area contributed by atoms with Gasteiger partial charge in [0.2, 0.25) is 5.95 Å². The fraction of sp³-hybridized carbons (Fsp3) is 0.520. The van der Waals surface area contributed by atoms with Crippen LogP contribution in [0.1, 0.15) is 48.3 Å². The van der Waals surface area contributed by atoms with Crippen molar-refractivity contribution in [1.29, 1.82) is 0 Å². The van der Waals surface area contributed by atoms with Crippen LogP contribution in [-0.2, 0) is 12.4 Å². The number of rotatable bonds is 3. The molecule has 39 heavy (non-hydrogen) atoms. The van der Waals surface area contributed by atoms with E-state index in [2.05, 4.69) is 15.0 Å². The summed E-state index contributed by atoms with van der Waals surface area (Å²) >= 11 is 0. The molecular formula is C25H24F9N5. The van der Waals surface area contributed by atoms with Gasteiger partial charge in [-0.2, -0.15) is 39.5 Å². The standard InChI is InChI=1S/C25H24F9N5/c26-23(27,28)15-5-3-14(4-6-15)17-12-16(24(29,30)31)13-19-20(17)37-22(36-19)39-10-8-38(9-11-39)21-18(25(32,33)34)2-1-7-35-21/h1-2,7,12-15H,3-6,8-11H2,(H,36,37). The third-order valence-electron chi connectivity index (χ3n) is 7.54. The van der Waals surface area contributed by atoms with Gasteiger partial charge in [-0.3, -0.25) is 0 Å². The third kappa shape index (κ3) is 5.60. The average molecular weight is 565 g/mol. The van der Waals surface area contributed by atoms with Crippen molar-refractivity contribution in [3.8, 4) is 0 Å². The number of pyridine rings is 1. The molecule has 0 unspecified atom stereocenters. The predicted molar refractivity (Wildman–Crippen MR) is 126 cm³/mol. The van der Waals surface area contributed by atoms with Crippen molar-refractivity contribution >= 4 is 22.8 Å². The van der Waals surface area contributed by atoms with Gasteiger partial charge in [0, 0.05) is 32.4 Å². The van der Waals surface area contributed by atoms with Crippen LogP contribution in [-0.4, -0.2) is 47.3 Å². The maximum atomic E-state index is 13.7. The quantitative estimate of drug-likeness (QED) is 0.343. The summed E-state index contributed by atoms with van der Waals surface area (Å²) in [6.45, 7) is 0.788. The van der Waals surface area contributed by atoms with E-state index in [4.69, 9.17) is 0 Å². The van der Waals surface area contributed by atoms with Crippen molar-refractivity contribution in [1.82, 2.24) is 15.0 Å². The van der Waals surface area contributed by atoms with E-state index in [1.165, 1.54) is 17.2 Å². The number of benzene rings is 1. The number of alkyl halides is 9. The molecule has 5 rings (SSSR count). The molecule has 2 aliphatic rings. The van der Waals surface area contributed by atoms with Crippen molar-refractivity contribution in [3.63, 3.8) is 0 Å². The largest absolute Gasteiger partial charge is 0.419 e. The molecule has 1 saturated carbocycles. The minimum absolute atomic E-state index is 0.0410. The fourth-order valence-electron chi connectivity index (χ4n) is 5.49. The zero-order valence-electron chi connectivity index (χ0n) is 20.4. The number of H-pyrrole nitrogens is 1. The number of aromatic amines is 1. The summed E-state index contributed by atoms with van der Waals surface area (Å²) in [6.07, 6.45) is -12.4. The van der Waals surface area contributed by atoms with Gasteiger partial charge in [0.25, 0.3) is 0 Å². The van der Waals surface area contributed by atoms with Gasteiger partial charge in [0.15, 0.2) is 0 Å². The van der Waals surface area contributed by atoms with Crippen LogP contribution in [0.15, 0.2) is 30.5 Å². The van der Waals surface area contributed by atoms with Crippen molar-refractivity contribution in [3.05, 3.63) is 47.2 Å². The molecule has 2 aromatic heterocycles. The minimum Gasteiger partial charge on any atom is -0.353 e. The van der Waals surface area contributed by atoms with Gasteiger partial charge in [-0.15, -0.1) is 0 Å². The number of nitrogens with zero attached hydrogens (tertiary/aromatic N) is 4. The molecule has 1 N–H and O–H groups in total. The summed E-state index contributed by atoms with van der Waals surface area (Å²) < 4.78 is 121. The average Bonchev–Trinajstić information content (AvgIpc) is 3.31. The number of hydrogen-bond donors (Lipinski definition) is 1. The van der Waals surface area contributed by atoms with Gasteiger partial charge in [-0.1, -0.05) is 0 Å². The highest BCUT2D eigenvalue weighted by Crippen LogP contribution is 2.45. The lowest BCUT2D eigenvalue weighted by Gasteiger charge is -2.36. The first-order valence-corrected chi connectivity index (χ1v) is 12.4. The molecule has 0 atom stereocenters. The van der Waals surface area contributed by atoms with E-state index in [0.29, 0.717) is 5.52 Å². The number of imidazole rings is 1. The van der Waals surface area contributed by atoms with Crippen molar-refractivity contribution < 1.29 is 39.5 Å². The number of aromatic nitrogens is 3. The van der Waals surface area contributed by atoms with E-state index in [0.717, 1.165) is 18.2 Å².